The van der Waals surface area contributed by atoms with Crippen molar-refractivity contribution in [3.8, 4) is 5.75 Å². The van der Waals surface area contributed by atoms with Crippen LogP contribution in [0, 0.1) is 5.92 Å². The Morgan fingerprint density at radius 2 is 1.85 bits per heavy atom. The van der Waals surface area contributed by atoms with Crippen LogP contribution in [-0.2, 0) is 0 Å². The summed E-state index contributed by atoms with van der Waals surface area (Å²) in [4.78, 5) is 9.09. The summed E-state index contributed by atoms with van der Waals surface area (Å²) >= 11 is 0. The first-order valence-corrected chi connectivity index (χ1v) is 9.13. The van der Waals surface area contributed by atoms with E-state index in [1.54, 1.807) is 6.07 Å². The molecule has 152 valence electrons. The van der Waals surface area contributed by atoms with Gasteiger partial charge in [0.25, 0.3) is 0 Å². The van der Waals surface area contributed by atoms with E-state index in [-0.39, 0.29) is 17.4 Å². The predicted molar refractivity (Wildman–Crippen MR) is 101 cm³/mol. The number of ether oxygens (including phenoxy) is 1. The van der Waals surface area contributed by atoms with Gasteiger partial charge in [0.1, 0.15) is 0 Å². The molecule has 6 nitrogen and oxygen atoms in total. The molecule has 0 bridgehead atoms. The van der Waals surface area contributed by atoms with Gasteiger partial charge in [-0.2, -0.15) is 0 Å². The number of likely N-dealkylation sites (N-methyl/N-ethyl adjacent to an activating group) is 1. The summed E-state index contributed by atoms with van der Waals surface area (Å²) in [6, 6.07) is 5.74. The first kappa shape index (κ1) is 21.3. The number of nitrogens with one attached hydrogen (secondary N) is 1. The number of nitrogens with two attached hydrogens (primary N) is 1. The lowest BCUT2D eigenvalue weighted by Gasteiger charge is -2.35. The number of rotatable bonds is 7. The Kier molecular flexibility index (Phi) is 7.73. The summed E-state index contributed by atoms with van der Waals surface area (Å²) in [5, 5.41) is 2.69. The Hall–Kier alpha value is -2.00. The van der Waals surface area contributed by atoms with Crippen LogP contribution in [0.1, 0.15) is 13.8 Å². The van der Waals surface area contributed by atoms with Gasteiger partial charge in [0.05, 0.1) is 5.69 Å². The Balaban J connectivity index is 1.84. The van der Waals surface area contributed by atoms with Crippen molar-refractivity contribution in [1.29, 1.82) is 0 Å². The molecule has 9 heteroatoms. The monoisotopic (exact) mass is 387 g/mol. The summed E-state index contributed by atoms with van der Waals surface area (Å²) in [6.45, 7) is 11.0. The number of benzene rings is 1. The van der Waals surface area contributed by atoms with E-state index in [4.69, 9.17) is 5.73 Å². The summed E-state index contributed by atoms with van der Waals surface area (Å²) < 4.78 is 41.4. The van der Waals surface area contributed by atoms with E-state index in [1.807, 2.05) is 0 Å². The van der Waals surface area contributed by atoms with Crippen molar-refractivity contribution in [2.45, 2.75) is 20.2 Å². The van der Waals surface area contributed by atoms with E-state index in [0.29, 0.717) is 12.5 Å². The van der Waals surface area contributed by atoms with Crippen molar-refractivity contribution in [2.24, 2.45) is 16.6 Å². The smallest absolute Gasteiger partial charge is 0.404 e. The fourth-order valence-corrected chi connectivity index (χ4v) is 3.00. The van der Waals surface area contributed by atoms with Gasteiger partial charge in [-0.3, -0.25) is 4.99 Å². The van der Waals surface area contributed by atoms with Crippen LogP contribution < -0.4 is 15.8 Å². The highest BCUT2D eigenvalue weighted by atomic mass is 19.4. The zero-order chi connectivity index (χ0) is 19.9. The first-order valence-electron chi connectivity index (χ1n) is 9.13. The number of para-hydroxylation sites is 2. The van der Waals surface area contributed by atoms with E-state index in [1.165, 1.54) is 18.2 Å². The van der Waals surface area contributed by atoms with Crippen LogP contribution in [0.4, 0.5) is 18.9 Å². The minimum absolute atomic E-state index is 0.0656. The molecule has 0 amide bonds. The molecule has 1 fully saturated rings. The molecule has 0 spiro atoms. The molecule has 1 aromatic carbocycles. The molecule has 2 rings (SSSR count). The van der Waals surface area contributed by atoms with Crippen molar-refractivity contribution in [3.63, 3.8) is 0 Å². The van der Waals surface area contributed by atoms with Gasteiger partial charge in [-0.05, 0) is 24.6 Å². The van der Waals surface area contributed by atoms with Gasteiger partial charge in [0.2, 0.25) is 0 Å². The van der Waals surface area contributed by atoms with Crippen molar-refractivity contribution in [3.05, 3.63) is 24.3 Å². The number of hydrogen-bond donors (Lipinski definition) is 2. The van der Waals surface area contributed by atoms with Crippen LogP contribution in [0.3, 0.4) is 0 Å². The first-order chi connectivity index (χ1) is 12.8. The molecule has 0 aromatic heterocycles. The molecule has 27 heavy (non-hydrogen) atoms. The second kappa shape index (κ2) is 9.80. The molecule has 0 aliphatic carbocycles. The fraction of sp³-hybridized carbons (Fsp3) is 0.611. The minimum atomic E-state index is -4.76. The Morgan fingerprint density at radius 3 is 2.48 bits per heavy atom. The molecular weight excluding hydrogens is 359 g/mol. The van der Waals surface area contributed by atoms with Crippen molar-refractivity contribution < 1.29 is 17.9 Å². The summed E-state index contributed by atoms with van der Waals surface area (Å²) in [6.07, 6.45) is -4.76. The third-order valence-corrected chi connectivity index (χ3v) is 4.43. The zero-order valence-corrected chi connectivity index (χ0v) is 15.8. The molecule has 1 saturated heterocycles. The third kappa shape index (κ3) is 7.64. The van der Waals surface area contributed by atoms with Crippen LogP contribution in [0.5, 0.6) is 5.75 Å². The second-order valence-electron chi connectivity index (χ2n) is 6.73. The highest BCUT2D eigenvalue weighted by molar-refractivity contribution is 5.93. The average molecular weight is 387 g/mol. The maximum absolute atomic E-state index is 12.5. The lowest BCUT2D eigenvalue weighted by atomic mass is 10.1. The van der Waals surface area contributed by atoms with Crippen LogP contribution >= 0.6 is 0 Å². The standard InChI is InChI=1S/C18H28F3N5O/c1-3-25-8-10-26(11-9-25)13-14(2)12-23-17(22)24-15-6-4-5-7-16(15)27-18(19,20)21/h4-7,14H,3,8-13H2,1-2H3,(H3,22,23,24). The highest BCUT2D eigenvalue weighted by Crippen LogP contribution is 2.29. The number of halogens is 3. The lowest BCUT2D eigenvalue weighted by molar-refractivity contribution is -0.274. The van der Waals surface area contributed by atoms with Gasteiger partial charge in [-0.15, -0.1) is 13.2 Å². The molecule has 1 aromatic rings. The lowest BCUT2D eigenvalue weighted by Crippen LogP contribution is -2.47. The van der Waals surface area contributed by atoms with E-state index in [0.717, 1.165) is 39.3 Å². The Bertz CT molecular complexity index is 615. The topological polar surface area (TPSA) is 66.1 Å². The predicted octanol–water partition coefficient (Wildman–Crippen LogP) is 2.59. The molecule has 3 N–H and O–H groups in total. The maximum Gasteiger partial charge on any atom is 0.573 e. The Labute approximate surface area is 158 Å². The summed E-state index contributed by atoms with van der Waals surface area (Å²) in [5.74, 6) is 0.0149. The number of nitrogens with zero attached hydrogens (tertiary/aromatic N) is 3. The summed E-state index contributed by atoms with van der Waals surface area (Å²) in [7, 11) is 0. The molecule has 1 heterocycles. The molecule has 0 radical (unpaired) electrons. The molecule has 1 unspecified atom stereocenters. The Morgan fingerprint density at radius 1 is 1.22 bits per heavy atom. The SMILES string of the molecule is CCN1CCN(CC(C)CN=C(N)Nc2ccccc2OC(F)(F)F)CC1. The average Bonchev–Trinajstić information content (AvgIpc) is 2.61. The van der Waals surface area contributed by atoms with Gasteiger partial charge >= 0.3 is 6.36 Å². The van der Waals surface area contributed by atoms with E-state index < -0.39 is 6.36 Å². The number of piperazine rings is 1. The zero-order valence-electron chi connectivity index (χ0n) is 15.8. The van der Waals surface area contributed by atoms with Crippen LogP contribution in [0.25, 0.3) is 0 Å². The van der Waals surface area contributed by atoms with Crippen molar-refractivity contribution in [2.75, 3.05) is 51.1 Å². The number of guanidine groups is 1. The van der Waals surface area contributed by atoms with Crippen molar-refractivity contribution in [1.82, 2.24) is 9.80 Å². The molecule has 0 saturated carbocycles. The minimum Gasteiger partial charge on any atom is -0.404 e. The summed E-state index contributed by atoms with van der Waals surface area (Å²) in [5.41, 5.74) is 5.96. The number of hydrogen-bond acceptors (Lipinski definition) is 4. The van der Waals surface area contributed by atoms with Gasteiger partial charge in [0, 0.05) is 39.3 Å². The molecule has 1 aliphatic heterocycles. The van der Waals surface area contributed by atoms with Gasteiger partial charge < -0.3 is 25.6 Å². The normalized spacial score (nSPS) is 18.3. The van der Waals surface area contributed by atoms with Gasteiger partial charge in [0.15, 0.2) is 11.7 Å². The van der Waals surface area contributed by atoms with E-state index >= 15 is 0 Å². The van der Waals surface area contributed by atoms with Gasteiger partial charge in [-0.25, -0.2) is 0 Å². The van der Waals surface area contributed by atoms with E-state index in [2.05, 4.69) is 38.7 Å². The molecular formula is C18H28F3N5O. The van der Waals surface area contributed by atoms with Gasteiger partial charge in [-0.1, -0.05) is 26.0 Å². The highest BCUT2D eigenvalue weighted by Gasteiger charge is 2.32. The molecule has 1 aliphatic rings. The quantitative estimate of drug-likeness (QED) is 0.556. The number of alkyl halides is 3. The molecule has 1 atom stereocenters. The maximum atomic E-state index is 12.5. The van der Waals surface area contributed by atoms with E-state index in [9.17, 15) is 13.2 Å². The number of anilines is 1. The van der Waals surface area contributed by atoms with Crippen LogP contribution in [0.2, 0.25) is 0 Å². The van der Waals surface area contributed by atoms with Crippen LogP contribution in [0.15, 0.2) is 29.3 Å². The second-order valence-corrected chi connectivity index (χ2v) is 6.73. The van der Waals surface area contributed by atoms with Crippen LogP contribution in [-0.4, -0.2) is 67.9 Å². The van der Waals surface area contributed by atoms with Crippen molar-refractivity contribution >= 4 is 11.6 Å². The fourth-order valence-electron chi connectivity index (χ4n) is 3.00. The third-order valence-electron chi connectivity index (χ3n) is 4.43. The number of aliphatic imine (C=N–C) groups is 1. The largest absolute Gasteiger partial charge is 0.573 e.